The molecule has 0 amide bonds. The summed E-state index contributed by atoms with van der Waals surface area (Å²) in [5.41, 5.74) is 1.62. The Labute approximate surface area is 81.5 Å². The van der Waals surface area contributed by atoms with Gasteiger partial charge in [0.25, 0.3) is 0 Å². The van der Waals surface area contributed by atoms with Gasteiger partial charge in [0.05, 0.1) is 6.61 Å². The highest BCUT2D eigenvalue weighted by molar-refractivity contribution is 6.30. The van der Waals surface area contributed by atoms with Gasteiger partial charge in [0.2, 0.25) is 0 Å². The first kappa shape index (κ1) is 8.73. The molecule has 0 radical (unpaired) electrons. The van der Waals surface area contributed by atoms with Crippen LogP contribution in [0.15, 0.2) is 18.2 Å². The van der Waals surface area contributed by atoms with Crippen molar-refractivity contribution in [3.8, 4) is 0 Å². The minimum atomic E-state index is -0.325. The second-order valence-electron chi connectivity index (χ2n) is 3.12. The van der Waals surface area contributed by atoms with Gasteiger partial charge in [0, 0.05) is 10.6 Å². The van der Waals surface area contributed by atoms with Gasteiger partial charge in [-0.1, -0.05) is 11.6 Å². The Morgan fingerprint density at radius 1 is 1.54 bits per heavy atom. The number of fused-ring (bicyclic) bond motifs is 1. The van der Waals surface area contributed by atoms with Crippen LogP contribution in [0.1, 0.15) is 22.8 Å². The first-order valence-corrected chi connectivity index (χ1v) is 4.50. The topological polar surface area (TPSA) is 26.3 Å². The summed E-state index contributed by atoms with van der Waals surface area (Å²) in [6.45, 7) is 2.24. The maximum absolute atomic E-state index is 11.6. The van der Waals surface area contributed by atoms with Crippen molar-refractivity contribution in [1.29, 1.82) is 0 Å². The lowest BCUT2D eigenvalue weighted by Gasteiger charge is -2.20. The van der Waals surface area contributed by atoms with Crippen LogP contribution in [-0.2, 0) is 11.3 Å². The van der Waals surface area contributed by atoms with Crippen molar-refractivity contribution < 1.29 is 9.53 Å². The van der Waals surface area contributed by atoms with Crippen molar-refractivity contribution in [2.45, 2.75) is 19.6 Å². The molecule has 0 aliphatic carbocycles. The molecule has 0 saturated heterocycles. The molecule has 0 bridgehead atoms. The molecule has 1 heterocycles. The Morgan fingerprint density at radius 3 is 3.08 bits per heavy atom. The van der Waals surface area contributed by atoms with Crippen LogP contribution in [0.25, 0.3) is 0 Å². The van der Waals surface area contributed by atoms with Gasteiger partial charge in [-0.2, -0.15) is 0 Å². The second-order valence-corrected chi connectivity index (χ2v) is 3.56. The van der Waals surface area contributed by atoms with Crippen LogP contribution < -0.4 is 0 Å². The average molecular weight is 197 g/mol. The molecule has 1 aromatic carbocycles. The standard InChI is InChI=1S/C10H9ClO2/c1-6-10(12)9-3-2-8(11)4-7(9)5-13-6/h2-4,6H,5H2,1H3. The highest BCUT2D eigenvalue weighted by Crippen LogP contribution is 2.23. The predicted octanol–water partition coefficient (Wildman–Crippen LogP) is 2.44. The zero-order valence-electron chi connectivity index (χ0n) is 7.21. The van der Waals surface area contributed by atoms with E-state index >= 15 is 0 Å². The van der Waals surface area contributed by atoms with Crippen LogP contribution in [0.3, 0.4) is 0 Å². The minimum absolute atomic E-state index is 0.0397. The zero-order valence-corrected chi connectivity index (χ0v) is 7.97. The van der Waals surface area contributed by atoms with Crippen LogP contribution in [0, 0.1) is 0 Å². The van der Waals surface area contributed by atoms with E-state index < -0.39 is 0 Å². The van der Waals surface area contributed by atoms with Crippen LogP contribution >= 0.6 is 11.6 Å². The van der Waals surface area contributed by atoms with Crippen molar-refractivity contribution in [2.24, 2.45) is 0 Å². The Kier molecular flexibility index (Phi) is 2.10. The van der Waals surface area contributed by atoms with E-state index in [4.69, 9.17) is 16.3 Å². The molecule has 0 saturated carbocycles. The maximum Gasteiger partial charge on any atom is 0.191 e. The summed E-state index contributed by atoms with van der Waals surface area (Å²) in [6.07, 6.45) is -0.325. The van der Waals surface area contributed by atoms with Crippen LogP contribution in [-0.4, -0.2) is 11.9 Å². The summed E-state index contributed by atoms with van der Waals surface area (Å²) in [5, 5.41) is 0.643. The SMILES string of the molecule is CC1OCc2cc(Cl)ccc2C1=O. The zero-order chi connectivity index (χ0) is 9.42. The highest BCUT2D eigenvalue weighted by Gasteiger charge is 2.24. The van der Waals surface area contributed by atoms with Crippen molar-refractivity contribution in [2.75, 3.05) is 0 Å². The molecule has 1 atom stereocenters. The molecule has 68 valence electrons. The summed E-state index contributed by atoms with van der Waals surface area (Å²) in [7, 11) is 0. The van der Waals surface area contributed by atoms with E-state index in [0.29, 0.717) is 11.6 Å². The third-order valence-corrected chi connectivity index (χ3v) is 2.43. The molecule has 0 aromatic heterocycles. The fraction of sp³-hybridized carbons (Fsp3) is 0.300. The average Bonchev–Trinajstić information content (AvgIpc) is 2.12. The van der Waals surface area contributed by atoms with Gasteiger partial charge in [-0.3, -0.25) is 4.79 Å². The van der Waals surface area contributed by atoms with Gasteiger partial charge in [0.15, 0.2) is 5.78 Å². The van der Waals surface area contributed by atoms with E-state index in [2.05, 4.69) is 0 Å². The molecule has 2 rings (SSSR count). The van der Waals surface area contributed by atoms with E-state index in [0.717, 1.165) is 11.1 Å². The predicted molar refractivity (Wildman–Crippen MR) is 50.0 cm³/mol. The summed E-state index contributed by atoms with van der Waals surface area (Å²) in [6, 6.07) is 5.27. The molecule has 13 heavy (non-hydrogen) atoms. The number of rotatable bonds is 0. The summed E-state index contributed by atoms with van der Waals surface area (Å²) in [4.78, 5) is 11.6. The summed E-state index contributed by atoms with van der Waals surface area (Å²) >= 11 is 5.79. The molecule has 1 aliphatic heterocycles. The van der Waals surface area contributed by atoms with E-state index in [9.17, 15) is 4.79 Å². The van der Waals surface area contributed by atoms with E-state index in [1.54, 1.807) is 25.1 Å². The highest BCUT2D eigenvalue weighted by atomic mass is 35.5. The Hall–Kier alpha value is -0.860. The molecule has 1 unspecified atom stereocenters. The number of Topliss-reactive ketones (excluding diaryl/α,β-unsaturated/α-hetero) is 1. The lowest BCUT2D eigenvalue weighted by molar-refractivity contribution is 0.0337. The number of benzene rings is 1. The number of ether oxygens (including phenoxy) is 1. The fourth-order valence-corrected chi connectivity index (χ4v) is 1.63. The minimum Gasteiger partial charge on any atom is -0.366 e. The van der Waals surface area contributed by atoms with Crippen LogP contribution in [0.5, 0.6) is 0 Å². The molecule has 2 nitrogen and oxygen atoms in total. The fourth-order valence-electron chi connectivity index (χ4n) is 1.43. The van der Waals surface area contributed by atoms with E-state index in [1.165, 1.54) is 0 Å². The lowest BCUT2D eigenvalue weighted by atomic mass is 9.99. The monoisotopic (exact) mass is 196 g/mol. The maximum atomic E-state index is 11.6. The quantitative estimate of drug-likeness (QED) is 0.637. The molecule has 1 aliphatic rings. The van der Waals surface area contributed by atoms with Gasteiger partial charge < -0.3 is 4.74 Å². The van der Waals surface area contributed by atoms with Gasteiger partial charge in [-0.05, 0) is 30.7 Å². The van der Waals surface area contributed by atoms with Crippen LogP contribution in [0.4, 0.5) is 0 Å². The number of carbonyl (C=O) groups is 1. The first-order valence-electron chi connectivity index (χ1n) is 4.13. The third-order valence-electron chi connectivity index (χ3n) is 2.19. The third kappa shape index (κ3) is 1.47. The normalized spacial score (nSPS) is 21.4. The van der Waals surface area contributed by atoms with E-state index in [-0.39, 0.29) is 11.9 Å². The van der Waals surface area contributed by atoms with Crippen molar-refractivity contribution in [3.63, 3.8) is 0 Å². The largest absolute Gasteiger partial charge is 0.366 e. The van der Waals surface area contributed by atoms with Crippen molar-refractivity contribution in [1.82, 2.24) is 0 Å². The number of carbonyl (C=O) groups excluding carboxylic acids is 1. The molecule has 0 N–H and O–H groups in total. The number of hydrogen-bond acceptors (Lipinski definition) is 2. The Balaban J connectivity index is 2.50. The van der Waals surface area contributed by atoms with Crippen molar-refractivity contribution >= 4 is 17.4 Å². The Bertz CT molecular complexity index is 360. The summed E-state index contributed by atoms with van der Waals surface area (Å²) < 4.78 is 5.26. The summed E-state index contributed by atoms with van der Waals surface area (Å²) in [5.74, 6) is 0.0397. The van der Waals surface area contributed by atoms with Crippen LogP contribution in [0.2, 0.25) is 5.02 Å². The Morgan fingerprint density at radius 2 is 2.31 bits per heavy atom. The molecule has 0 fully saturated rings. The van der Waals surface area contributed by atoms with Gasteiger partial charge in [-0.15, -0.1) is 0 Å². The molecular formula is C10H9ClO2. The molecule has 3 heteroatoms. The van der Waals surface area contributed by atoms with Crippen molar-refractivity contribution in [3.05, 3.63) is 34.3 Å². The van der Waals surface area contributed by atoms with Gasteiger partial charge in [0.1, 0.15) is 6.10 Å². The van der Waals surface area contributed by atoms with Gasteiger partial charge >= 0.3 is 0 Å². The second kappa shape index (κ2) is 3.13. The first-order chi connectivity index (χ1) is 6.18. The smallest absolute Gasteiger partial charge is 0.191 e. The molecule has 1 aromatic rings. The number of hydrogen-bond donors (Lipinski definition) is 0. The lowest BCUT2D eigenvalue weighted by Crippen LogP contribution is -2.27. The van der Waals surface area contributed by atoms with E-state index in [1.807, 2.05) is 0 Å². The van der Waals surface area contributed by atoms with Gasteiger partial charge in [-0.25, -0.2) is 0 Å². The number of halogens is 1. The molecule has 0 spiro atoms. The number of ketones is 1. The molecular weight excluding hydrogens is 188 g/mol.